The maximum absolute atomic E-state index is 13.4. The molecular formula is C26H31N3O3. The average Bonchev–Trinajstić information content (AvgIpc) is 3.47. The van der Waals surface area contributed by atoms with Crippen LogP contribution in [0.3, 0.4) is 0 Å². The zero-order chi connectivity index (χ0) is 22.7. The van der Waals surface area contributed by atoms with Gasteiger partial charge in [-0.05, 0) is 61.6 Å². The lowest BCUT2D eigenvalue weighted by Gasteiger charge is -2.25. The van der Waals surface area contributed by atoms with E-state index in [4.69, 9.17) is 9.26 Å². The summed E-state index contributed by atoms with van der Waals surface area (Å²) >= 11 is 0. The number of benzene rings is 2. The number of ether oxygens (including phenoxy) is 1. The first-order valence-corrected chi connectivity index (χ1v) is 11.1. The highest BCUT2D eigenvalue weighted by Gasteiger charge is 2.26. The fourth-order valence-corrected chi connectivity index (χ4v) is 3.94. The lowest BCUT2D eigenvalue weighted by Crippen LogP contribution is -2.37. The Morgan fingerprint density at radius 3 is 2.50 bits per heavy atom. The largest absolute Gasteiger partial charge is 0.378 e. The van der Waals surface area contributed by atoms with E-state index in [0.29, 0.717) is 24.5 Å². The standard InChI is InChI=1S/C26H31N3O3/c1-18-7-10-21(14-19(18)2)25-15-24(27-32-25)26(30)29(17-23-6-5-13-31-23)16-20-8-11-22(12-9-20)28(3)4/h7-12,14-15,23H,5-6,13,16-17H2,1-4H3/t23-/m0/s1. The summed E-state index contributed by atoms with van der Waals surface area (Å²) in [6.07, 6.45) is 2.06. The van der Waals surface area contributed by atoms with Crippen molar-refractivity contribution >= 4 is 11.6 Å². The quantitative estimate of drug-likeness (QED) is 0.533. The molecule has 0 spiro atoms. The lowest BCUT2D eigenvalue weighted by molar-refractivity contribution is 0.0499. The smallest absolute Gasteiger partial charge is 0.276 e. The molecule has 1 aromatic heterocycles. The van der Waals surface area contributed by atoms with Gasteiger partial charge in [-0.15, -0.1) is 0 Å². The molecule has 3 aromatic rings. The Hall–Kier alpha value is -3.12. The highest BCUT2D eigenvalue weighted by Crippen LogP contribution is 2.25. The van der Waals surface area contributed by atoms with Crippen molar-refractivity contribution in [2.24, 2.45) is 0 Å². The number of carbonyl (C=O) groups is 1. The van der Waals surface area contributed by atoms with E-state index in [2.05, 4.69) is 60.3 Å². The molecule has 0 bridgehead atoms. The van der Waals surface area contributed by atoms with E-state index >= 15 is 0 Å². The number of aryl methyl sites for hydroxylation is 2. The van der Waals surface area contributed by atoms with Gasteiger partial charge in [0.25, 0.3) is 5.91 Å². The minimum absolute atomic E-state index is 0.0612. The van der Waals surface area contributed by atoms with Crippen molar-refractivity contribution in [1.29, 1.82) is 0 Å². The number of carbonyl (C=O) groups excluding carboxylic acids is 1. The second-order valence-corrected chi connectivity index (χ2v) is 8.76. The summed E-state index contributed by atoms with van der Waals surface area (Å²) in [6, 6.07) is 16.1. The summed E-state index contributed by atoms with van der Waals surface area (Å²) in [7, 11) is 4.03. The molecule has 1 amide bonds. The van der Waals surface area contributed by atoms with Gasteiger partial charge in [-0.25, -0.2) is 0 Å². The third-order valence-electron chi connectivity index (χ3n) is 6.08. The van der Waals surface area contributed by atoms with Crippen LogP contribution in [0.4, 0.5) is 5.69 Å². The zero-order valence-corrected chi connectivity index (χ0v) is 19.3. The summed E-state index contributed by atoms with van der Waals surface area (Å²) < 4.78 is 11.4. The van der Waals surface area contributed by atoms with Gasteiger partial charge in [0.2, 0.25) is 0 Å². The summed E-state index contributed by atoms with van der Waals surface area (Å²) in [5.74, 6) is 0.458. The van der Waals surface area contributed by atoms with E-state index in [0.717, 1.165) is 36.3 Å². The van der Waals surface area contributed by atoms with Gasteiger partial charge < -0.3 is 19.1 Å². The van der Waals surface area contributed by atoms with Gasteiger partial charge in [0.15, 0.2) is 11.5 Å². The Morgan fingerprint density at radius 2 is 1.84 bits per heavy atom. The van der Waals surface area contributed by atoms with Crippen molar-refractivity contribution in [3.8, 4) is 11.3 Å². The van der Waals surface area contributed by atoms with Crippen molar-refractivity contribution in [2.45, 2.75) is 39.3 Å². The maximum Gasteiger partial charge on any atom is 0.276 e. The van der Waals surface area contributed by atoms with E-state index in [1.807, 2.05) is 25.1 Å². The molecule has 0 aliphatic carbocycles. The van der Waals surface area contributed by atoms with Crippen molar-refractivity contribution < 1.29 is 14.1 Å². The van der Waals surface area contributed by atoms with Crippen molar-refractivity contribution in [3.63, 3.8) is 0 Å². The van der Waals surface area contributed by atoms with Crippen LogP contribution in [0.5, 0.6) is 0 Å². The number of hydrogen-bond acceptors (Lipinski definition) is 5. The first-order chi connectivity index (χ1) is 15.4. The third kappa shape index (κ3) is 5.02. The molecular weight excluding hydrogens is 402 g/mol. The Labute approximate surface area is 189 Å². The molecule has 32 heavy (non-hydrogen) atoms. The van der Waals surface area contributed by atoms with Crippen molar-refractivity contribution in [1.82, 2.24) is 10.1 Å². The van der Waals surface area contributed by atoms with Gasteiger partial charge in [-0.3, -0.25) is 4.79 Å². The molecule has 4 rings (SSSR count). The molecule has 0 saturated carbocycles. The molecule has 0 unspecified atom stereocenters. The van der Waals surface area contributed by atoms with Crippen LogP contribution in [0, 0.1) is 13.8 Å². The summed E-state index contributed by atoms with van der Waals surface area (Å²) in [5, 5.41) is 4.11. The predicted molar refractivity (Wildman–Crippen MR) is 126 cm³/mol. The number of anilines is 1. The molecule has 1 aliphatic heterocycles. The fourth-order valence-electron chi connectivity index (χ4n) is 3.94. The topological polar surface area (TPSA) is 58.8 Å². The minimum Gasteiger partial charge on any atom is -0.378 e. The van der Waals surface area contributed by atoms with Gasteiger partial charge in [0.1, 0.15) is 0 Å². The van der Waals surface area contributed by atoms with Crippen LogP contribution in [-0.4, -0.2) is 49.3 Å². The first-order valence-electron chi connectivity index (χ1n) is 11.1. The van der Waals surface area contributed by atoms with Crippen LogP contribution < -0.4 is 4.90 Å². The maximum atomic E-state index is 13.4. The van der Waals surface area contributed by atoms with E-state index in [1.165, 1.54) is 11.1 Å². The van der Waals surface area contributed by atoms with Gasteiger partial charge in [-0.1, -0.05) is 29.4 Å². The Bertz CT molecular complexity index is 1070. The Kier molecular flexibility index (Phi) is 6.61. The lowest BCUT2D eigenvalue weighted by atomic mass is 10.0. The number of rotatable bonds is 7. The summed E-state index contributed by atoms with van der Waals surface area (Å²) in [6.45, 7) is 5.93. The molecule has 1 fully saturated rings. The van der Waals surface area contributed by atoms with E-state index < -0.39 is 0 Å². The zero-order valence-electron chi connectivity index (χ0n) is 19.3. The highest BCUT2D eigenvalue weighted by molar-refractivity contribution is 5.93. The summed E-state index contributed by atoms with van der Waals surface area (Å²) in [4.78, 5) is 17.3. The first kappa shape index (κ1) is 22.1. The number of hydrogen-bond donors (Lipinski definition) is 0. The molecule has 1 aliphatic rings. The average molecular weight is 434 g/mol. The Morgan fingerprint density at radius 1 is 1.06 bits per heavy atom. The molecule has 0 N–H and O–H groups in total. The second kappa shape index (κ2) is 9.57. The van der Waals surface area contributed by atoms with Gasteiger partial charge in [0, 0.05) is 51.1 Å². The molecule has 1 saturated heterocycles. The van der Waals surface area contributed by atoms with E-state index in [-0.39, 0.29) is 12.0 Å². The normalized spacial score (nSPS) is 15.7. The third-order valence-corrected chi connectivity index (χ3v) is 6.08. The van der Waals surface area contributed by atoms with Crippen LogP contribution in [0.1, 0.15) is 40.0 Å². The molecule has 6 heteroatoms. The fraction of sp³-hybridized carbons (Fsp3) is 0.385. The SMILES string of the molecule is Cc1ccc(-c2cc(C(=O)N(Cc3ccc(N(C)C)cc3)C[C@@H]3CCCO3)no2)cc1C. The monoisotopic (exact) mass is 433 g/mol. The minimum atomic E-state index is -0.143. The van der Waals surface area contributed by atoms with Crippen LogP contribution in [0.25, 0.3) is 11.3 Å². The van der Waals surface area contributed by atoms with Crippen molar-refractivity contribution in [3.05, 3.63) is 70.9 Å². The molecule has 6 nitrogen and oxygen atoms in total. The molecule has 168 valence electrons. The van der Waals surface area contributed by atoms with Gasteiger partial charge in [-0.2, -0.15) is 0 Å². The molecule has 2 aromatic carbocycles. The second-order valence-electron chi connectivity index (χ2n) is 8.76. The number of amides is 1. The van der Waals surface area contributed by atoms with Crippen LogP contribution in [-0.2, 0) is 11.3 Å². The van der Waals surface area contributed by atoms with E-state index in [1.54, 1.807) is 6.07 Å². The van der Waals surface area contributed by atoms with Crippen LogP contribution >= 0.6 is 0 Å². The molecule has 1 atom stereocenters. The van der Waals surface area contributed by atoms with Crippen LogP contribution in [0.2, 0.25) is 0 Å². The Balaban J connectivity index is 1.55. The van der Waals surface area contributed by atoms with E-state index in [9.17, 15) is 4.79 Å². The summed E-state index contributed by atoms with van der Waals surface area (Å²) in [5.41, 5.74) is 5.83. The van der Waals surface area contributed by atoms with Crippen LogP contribution in [0.15, 0.2) is 53.1 Å². The van der Waals surface area contributed by atoms with Gasteiger partial charge >= 0.3 is 0 Å². The van der Waals surface area contributed by atoms with Gasteiger partial charge in [0.05, 0.1) is 6.10 Å². The molecule has 2 heterocycles. The highest BCUT2D eigenvalue weighted by atomic mass is 16.5. The predicted octanol–water partition coefficient (Wildman–Crippen LogP) is 4.85. The number of nitrogens with zero attached hydrogens (tertiary/aromatic N) is 3. The number of aromatic nitrogens is 1. The molecule has 0 radical (unpaired) electrons. The van der Waals surface area contributed by atoms with Crippen molar-refractivity contribution in [2.75, 3.05) is 32.1 Å².